The fourth-order valence-corrected chi connectivity index (χ4v) is 4.03. The first-order chi connectivity index (χ1) is 8.61. The monoisotopic (exact) mass is 254 g/mol. The van der Waals surface area contributed by atoms with E-state index < -0.39 is 0 Å². The molecular formula is C15H30N2O. The Labute approximate surface area is 112 Å². The summed E-state index contributed by atoms with van der Waals surface area (Å²) < 4.78 is 5.91. The van der Waals surface area contributed by atoms with Crippen molar-refractivity contribution in [3.05, 3.63) is 0 Å². The highest BCUT2D eigenvalue weighted by atomic mass is 16.5. The maximum atomic E-state index is 6.19. The zero-order chi connectivity index (χ0) is 13.2. The maximum Gasteiger partial charge on any atom is 0.0593 e. The lowest BCUT2D eigenvalue weighted by atomic mass is 9.83. The van der Waals surface area contributed by atoms with Crippen molar-refractivity contribution in [2.45, 2.75) is 70.6 Å². The molecule has 0 radical (unpaired) electrons. The van der Waals surface area contributed by atoms with Crippen molar-refractivity contribution in [1.29, 1.82) is 0 Å². The molecule has 0 saturated carbocycles. The lowest BCUT2D eigenvalue weighted by Crippen LogP contribution is -2.59. The van der Waals surface area contributed by atoms with Gasteiger partial charge in [-0.1, -0.05) is 20.3 Å². The topological polar surface area (TPSA) is 38.5 Å². The van der Waals surface area contributed by atoms with Gasteiger partial charge in [0.1, 0.15) is 0 Å². The number of nitrogens with two attached hydrogens (primary N) is 1. The number of nitrogens with zero attached hydrogens (tertiary/aromatic N) is 1. The summed E-state index contributed by atoms with van der Waals surface area (Å²) in [6.45, 7) is 9.86. The van der Waals surface area contributed by atoms with E-state index in [9.17, 15) is 0 Å². The van der Waals surface area contributed by atoms with Gasteiger partial charge in [-0.3, -0.25) is 4.90 Å². The Hall–Kier alpha value is -0.120. The normalized spacial score (nSPS) is 42.3. The molecule has 4 unspecified atom stereocenters. The van der Waals surface area contributed by atoms with Crippen molar-refractivity contribution in [3.63, 3.8) is 0 Å². The van der Waals surface area contributed by atoms with Gasteiger partial charge in [-0.25, -0.2) is 0 Å². The van der Waals surface area contributed by atoms with E-state index in [0.29, 0.717) is 12.1 Å². The minimum Gasteiger partial charge on any atom is -0.378 e. The SMILES string of the molecule is CCCC1CC(CN)(N2CC(C)CC2C)CCO1. The Bertz CT molecular complexity index is 269. The van der Waals surface area contributed by atoms with Crippen LogP contribution in [0, 0.1) is 5.92 Å². The quantitative estimate of drug-likeness (QED) is 0.837. The molecule has 2 aliphatic heterocycles. The number of rotatable bonds is 4. The molecule has 3 heteroatoms. The van der Waals surface area contributed by atoms with E-state index in [2.05, 4.69) is 25.7 Å². The summed E-state index contributed by atoms with van der Waals surface area (Å²) in [6, 6.07) is 0.684. The standard InChI is InChI=1S/C15H30N2O/c1-4-5-14-9-15(11-16,6-7-18-14)17-10-12(2)8-13(17)3/h12-14H,4-11,16H2,1-3H3. The molecule has 0 aliphatic carbocycles. The highest BCUT2D eigenvalue weighted by Gasteiger charge is 2.45. The molecule has 2 saturated heterocycles. The van der Waals surface area contributed by atoms with Crippen molar-refractivity contribution in [2.75, 3.05) is 19.7 Å². The van der Waals surface area contributed by atoms with Gasteiger partial charge in [-0.15, -0.1) is 0 Å². The zero-order valence-corrected chi connectivity index (χ0v) is 12.3. The summed E-state index contributed by atoms with van der Waals surface area (Å²) in [6.07, 6.45) is 6.38. The molecule has 106 valence electrons. The third-order valence-corrected chi connectivity index (χ3v) is 4.91. The van der Waals surface area contributed by atoms with Gasteiger partial charge in [0.2, 0.25) is 0 Å². The summed E-state index contributed by atoms with van der Waals surface area (Å²) in [4.78, 5) is 2.70. The van der Waals surface area contributed by atoms with Gasteiger partial charge in [0.05, 0.1) is 6.10 Å². The molecule has 2 fully saturated rings. The van der Waals surface area contributed by atoms with E-state index in [1.54, 1.807) is 0 Å². The van der Waals surface area contributed by atoms with Crippen molar-refractivity contribution < 1.29 is 4.74 Å². The number of likely N-dealkylation sites (tertiary alicyclic amines) is 1. The fraction of sp³-hybridized carbons (Fsp3) is 1.00. The van der Waals surface area contributed by atoms with E-state index >= 15 is 0 Å². The molecule has 0 aromatic carbocycles. The molecule has 0 spiro atoms. The molecule has 0 aromatic rings. The predicted molar refractivity (Wildman–Crippen MR) is 75.6 cm³/mol. The van der Waals surface area contributed by atoms with Gasteiger partial charge in [-0.05, 0) is 38.5 Å². The lowest BCUT2D eigenvalue weighted by Gasteiger charge is -2.48. The van der Waals surface area contributed by atoms with E-state index in [-0.39, 0.29) is 5.54 Å². The summed E-state index contributed by atoms with van der Waals surface area (Å²) >= 11 is 0. The Kier molecular flexibility index (Phi) is 4.68. The molecule has 2 N–H and O–H groups in total. The molecule has 0 amide bonds. The number of ether oxygens (including phenoxy) is 1. The van der Waals surface area contributed by atoms with Gasteiger partial charge >= 0.3 is 0 Å². The van der Waals surface area contributed by atoms with Crippen LogP contribution in [0.15, 0.2) is 0 Å². The number of hydrogen-bond donors (Lipinski definition) is 1. The average Bonchev–Trinajstić information content (AvgIpc) is 2.70. The molecule has 2 rings (SSSR count). The van der Waals surface area contributed by atoms with E-state index in [0.717, 1.165) is 31.9 Å². The first kappa shape index (κ1) is 14.3. The summed E-state index contributed by atoms with van der Waals surface area (Å²) in [5.74, 6) is 0.816. The van der Waals surface area contributed by atoms with Gasteiger partial charge < -0.3 is 10.5 Å². The smallest absolute Gasteiger partial charge is 0.0593 e. The molecule has 18 heavy (non-hydrogen) atoms. The van der Waals surface area contributed by atoms with Crippen LogP contribution in [0.25, 0.3) is 0 Å². The number of hydrogen-bond acceptors (Lipinski definition) is 3. The van der Waals surface area contributed by atoms with Crippen molar-refractivity contribution in [1.82, 2.24) is 4.90 Å². The van der Waals surface area contributed by atoms with Crippen LogP contribution in [0.2, 0.25) is 0 Å². The largest absolute Gasteiger partial charge is 0.378 e. The maximum absolute atomic E-state index is 6.19. The highest BCUT2D eigenvalue weighted by molar-refractivity contribution is 5.01. The van der Waals surface area contributed by atoms with E-state index in [1.807, 2.05) is 0 Å². The second-order valence-corrected chi connectivity index (χ2v) is 6.51. The summed E-state index contributed by atoms with van der Waals surface area (Å²) in [5, 5.41) is 0. The van der Waals surface area contributed by atoms with Gasteiger partial charge in [0.15, 0.2) is 0 Å². The van der Waals surface area contributed by atoms with Crippen molar-refractivity contribution >= 4 is 0 Å². The molecule has 0 bridgehead atoms. The minimum absolute atomic E-state index is 0.211. The van der Waals surface area contributed by atoms with Gasteiger partial charge in [-0.2, -0.15) is 0 Å². The first-order valence-electron chi connectivity index (χ1n) is 7.69. The Morgan fingerprint density at radius 1 is 1.39 bits per heavy atom. The van der Waals surface area contributed by atoms with Crippen LogP contribution in [0.5, 0.6) is 0 Å². The van der Waals surface area contributed by atoms with Crippen LogP contribution in [0.1, 0.15) is 52.9 Å². The third kappa shape index (κ3) is 2.73. The van der Waals surface area contributed by atoms with Crippen molar-refractivity contribution in [3.8, 4) is 0 Å². The molecule has 4 atom stereocenters. The third-order valence-electron chi connectivity index (χ3n) is 4.91. The van der Waals surface area contributed by atoms with Crippen LogP contribution in [-0.4, -0.2) is 42.3 Å². The Morgan fingerprint density at radius 3 is 2.72 bits per heavy atom. The summed E-state index contributed by atoms with van der Waals surface area (Å²) in [5.41, 5.74) is 6.40. The zero-order valence-electron chi connectivity index (χ0n) is 12.3. The lowest BCUT2D eigenvalue weighted by molar-refractivity contribution is -0.0766. The molecule has 2 aliphatic rings. The van der Waals surface area contributed by atoms with Crippen LogP contribution in [-0.2, 0) is 4.74 Å². The van der Waals surface area contributed by atoms with Crippen LogP contribution >= 0.6 is 0 Å². The molecular weight excluding hydrogens is 224 g/mol. The second-order valence-electron chi connectivity index (χ2n) is 6.51. The average molecular weight is 254 g/mol. The Morgan fingerprint density at radius 2 is 2.17 bits per heavy atom. The van der Waals surface area contributed by atoms with Crippen molar-refractivity contribution in [2.24, 2.45) is 11.7 Å². The minimum atomic E-state index is 0.211. The highest BCUT2D eigenvalue weighted by Crippen LogP contribution is 2.38. The van der Waals surface area contributed by atoms with E-state index in [4.69, 9.17) is 10.5 Å². The fourth-order valence-electron chi connectivity index (χ4n) is 4.03. The first-order valence-corrected chi connectivity index (χ1v) is 7.69. The van der Waals surface area contributed by atoms with Crippen LogP contribution in [0.3, 0.4) is 0 Å². The Balaban J connectivity index is 2.09. The molecule has 2 heterocycles. The van der Waals surface area contributed by atoms with Gasteiger partial charge in [0.25, 0.3) is 0 Å². The molecule has 0 aromatic heterocycles. The van der Waals surface area contributed by atoms with E-state index in [1.165, 1.54) is 25.8 Å². The predicted octanol–water partition coefficient (Wildman–Crippen LogP) is 2.39. The van der Waals surface area contributed by atoms with Crippen LogP contribution in [0.4, 0.5) is 0 Å². The van der Waals surface area contributed by atoms with Crippen LogP contribution < -0.4 is 5.73 Å². The molecule has 3 nitrogen and oxygen atoms in total. The summed E-state index contributed by atoms with van der Waals surface area (Å²) in [7, 11) is 0. The second kappa shape index (κ2) is 5.89. The van der Waals surface area contributed by atoms with Gasteiger partial charge in [0, 0.05) is 31.3 Å².